The van der Waals surface area contributed by atoms with Crippen LogP contribution in [-0.4, -0.2) is 34.2 Å². The molecule has 1 aliphatic heterocycles. The standard InChI is InChI=1S/C17H18BrNO4S2/c1-2-3-8-23-13-5-4-12(18)9-11(13)10-14-16(22)19(17(24)25-14)7-6-15(20)21/h4-5,9-10H,2-3,6-8H2,1H3,(H,20,21)/p-1/b14-10+. The van der Waals surface area contributed by atoms with Crippen LogP contribution in [0.5, 0.6) is 5.75 Å². The molecule has 0 aromatic heterocycles. The molecule has 0 saturated carbocycles. The molecular weight excluding hydrogens is 426 g/mol. The number of unbranched alkanes of at least 4 members (excludes halogenated alkanes) is 1. The van der Waals surface area contributed by atoms with Gasteiger partial charge in [0.2, 0.25) is 0 Å². The lowest BCUT2D eigenvalue weighted by Gasteiger charge is -2.14. The monoisotopic (exact) mass is 442 g/mol. The third-order valence-corrected chi connectivity index (χ3v) is 5.30. The maximum Gasteiger partial charge on any atom is 0.266 e. The zero-order valence-corrected chi connectivity index (χ0v) is 16.8. The first kappa shape index (κ1) is 19.9. The van der Waals surface area contributed by atoms with Crippen LogP contribution in [0.3, 0.4) is 0 Å². The van der Waals surface area contributed by atoms with Crippen molar-refractivity contribution in [3.8, 4) is 5.75 Å². The van der Waals surface area contributed by atoms with Gasteiger partial charge in [0.1, 0.15) is 10.1 Å². The largest absolute Gasteiger partial charge is 0.550 e. The Kier molecular flexibility index (Phi) is 7.46. The summed E-state index contributed by atoms with van der Waals surface area (Å²) in [6, 6.07) is 5.60. The molecule has 5 nitrogen and oxygen atoms in total. The van der Waals surface area contributed by atoms with Gasteiger partial charge in [0.25, 0.3) is 5.91 Å². The SMILES string of the molecule is CCCCOc1ccc(Br)cc1/C=C1/SC(=S)N(CCC(=O)[O-])C1=O. The van der Waals surface area contributed by atoms with E-state index in [9.17, 15) is 14.7 Å². The van der Waals surface area contributed by atoms with Gasteiger partial charge < -0.3 is 14.6 Å². The number of ether oxygens (including phenoxy) is 1. The number of hydrogen-bond acceptors (Lipinski definition) is 6. The molecule has 25 heavy (non-hydrogen) atoms. The average Bonchev–Trinajstić information content (AvgIpc) is 2.81. The Labute approximate surface area is 164 Å². The summed E-state index contributed by atoms with van der Waals surface area (Å²) >= 11 is 9.76. The maximum atomic E-state index is 12.5. The number of amides is 1. The van der Waals surface area contributed by atoms with Crippen LogP contribution in [-0.2, 0) is 9.59 Å². The average molecular weight is 443 g/mol. The van der Waals surface area contributed by atoms with Gasteiger partial charge in [-0.3, -0.25) is 9.69 Å². The second kappa shape index (κ2) is 9.35. The summed E-state index contributed by atoms with van der Waals surface area (Å²) in [6.45, 7) is 2.71. The van der Waals surface area contributed by atoms with Crippen LogP contribution < -0.4 is 9.84 Å². The molecule has 1 saturated heterocycles. The van der Waals surface area contributed by atoms with Crippen molar-refractivity contribution in [2.24, 2.45) is 0 Å². The number of benzene rings is 1. The minimum atomic E-state index is -1.21. The Morgan fingerprint density at radius 3 is 2.92 bits per heavy atom. The van der Waals surface area contributed by atoms with Gasteiger partial charge in [-0.15, -0.1) is 0 Å². The molecule has 0 unspecified atom stereocenters. The number of carbonyl (C=O) groups is 2. The quantitative estimate of drug-likeness (QED) is 0.350. The Hall–Kier alpha value is -1.38. The van der Waals surface area contributed by atoms with E-state index in [4.69, 9.17) is 17.0 Å². The molecule has 1 aromatic carbocycles. The van der Waals surface area contributed by atoms with Crippen LogP contribution in [0.25, 0.3) is 6.08 Å². The van der Waals surface area contributed by atoms with E-state index in [0.717, 1.165) is 34.6 Å². The molecule has 0 bridgehead atoms. The lowest BCUT2D eigenvalue weighted by molar-refractivity contribution is -0.305. The Morgan fingerprint density at radius 2 is 2.24 bits per heavy atom. The lowest BCUT2D eigenvalue weighted by atomic mass is 10.2. The van der Waals surface area contributed by atoms with Gasteiger partial charge in [0.15, 0.2) is 0 Å². The third kappa shape index (κ3) is 5.55. The van der Waals surface area contributed by atoms with Crippen LogP contribution in [0.4, 0.5) is 0 Å². The van der Waals surface area contributed by atoms with Gasteiger partial charge in [0, 0.05) is 29.0 Å². The van der Waals surface area contributed by atoms with E-state index in [0.29, 0.717) is 21.6 Å². The molecule has 1 amide bonds. The first-order valence-electron chi connectivity index (χ1n) is 7.80. The second-order valence-corrected chi connectivity index (χ2v) is 7.93. The normalized spacial score (nSPS) is 15.9. The number of carboxylic acids is 1. The number of aliphatic carboxylic acids is 1. The summed E-state index contributed by atoms with van der Waals surface area (Å²) in [7, 11) is 0. The van der Waals surface area contributed by atoms with Crippen molar-refractivity contribution in [3.63, 3.8) is 0 Å². The number of carboxylic acid groups (broad SMARTS) is 1. The summed E-state index contributed by atoms with van der Waals surface area (Å²) < 4.78 is 7.01. The summed E-state index contributed by atoms with van der Waals surface area (Å²) in [5, 5.41) is 10.6. The fourth-order valence-electron chi connectivity index (χ4n) is 2.13. The zero-order valence-electron chi connectivity index (χ0n) is 13.6. The first-order valence-corrected chi connectivity index (χ1v) is 9.81. The van der Waals surface area contributed by atoms with E-state index in [2.05, 4.69) is 22.9 Å². The smallest absolute Gasteiger partial charge is 0.266 e. The fourth-order valence-corrected chi connectivity index (χ4v) is 3.81. The van der Waals surface area contributed by atoms with Gasteiger partial charge in [-0.25, -0.2) is 0 Å². The molecule has 8 heteroatoms. The predicted molar refractivity (Wildman–Crippen MR) is 104 cm³/mol. The van der Waals surface area contributed by atoms with E-state index in [1.165, 1.54) is 4.90 Å². The summed E-state index contributed by atoms with van der Waals surface area (Å²) in [5.74, 6) is -0.816. The topological polar surface area (TPSA) is 69.7 Å². The number of thiocarbonyl (C=S) groups is 1. The molecule has 2 rings (SSSR count). The number of hydrogen-bond donors (Lipinski definition) is 0. The minimum Gasteiger partial charge on any atom is -0.550 e. The fraction of sp³-hybridized carbons (Fsp3) is 0.353. The van der Waals surface area contributed by atoms with Gasteiger partial charge in [-0.2, -0.15) is 0 Å². The van der Waals surface area contributed by atoms with Crippen molar-refractivity contribution < 1.29 is 19.4 Å². The first-order chi connectivity index (χ1) is 11.9. The number of nitrogens with zero attached hydrogens (tertiary/aromatic N) is 1. The van der Waals surface area contributed by atoms with Gasteiger partial charge in [-0.05, 0) is 30.7 Å². The Bertz CT molecular complexity index is 721. The molecule has 1 aliphatic rings. The number of thioether (sulfide) groups is 1. The summed E-state index contributed by atoms with van der Waals surface area (Å²) in [5.41, 5.74) is 0.769. The number of halogens is 1. The minimum absolute atomic E-state index is 0.0165. The number of carbonyl (C=O) groups excluding carboxylic acids is 2. The molecular formula is C17H17BrNO4S2-. The van der Waals surface area contributed by atoms with Crippen molar-refractivity contribution in [1.29, 1.82) is 0 Å². The van der Waals surface area contributed by atoms with E-state index >= 15 is 0 Å². The highest BCUT2D eigenvalue weighted by Gasteiger charge is 2.31. The van der Waals surface area contributed by atoms with Gasteiger partial charge >= 0.3 is 0 Å². The summed E-state index contributed by atoms with van der Waals surface area (Å²) in [4.78, 5) is 24.8. The second-order valence-electron chi connectivity index (χ2n) is 5.34. The third-order valence-electron chi connectivity index (χ3n) is 3.43. The van der Waals surface area contributed by atoms with E-state index in [1.54, 1.807) is 6.08 Å². The molecule has 0 N–H and O–H groups in total. The maximum absolute atomic E-state index is 12.5. The van der Waals surface area contributed by atoms with Crippen LogP contribution in [0.1, 0.15) is 31.7 Å². The number of rotatable bonds is 8. The molecule has 1 fully saturated rings. The molecule has 1 heterocycles. The predicted octanol–water partition coefficient (Wildman–Crippen LogP) is 2.97. The van der Waals surface area contributed by atoms with Crippen LogP contribution in [0.15, 0.2) is 27.6 Å². The Morgan fingerprint density at radius 1 is 1.48 bits per heavy atom. The lowest BCUT2D eigenvalue weighted by Crippen LogP contribution is -2.33. The highest BCUT2D eigenvalue weighted by atomic mass is 79.9. The molecule has 0 aliphatic carbocycles. The highest BCUT2D eigenvalue weighted by molar-refractivity contribution is 9.10. The van der Waals surface area contributed by atoms with Gasteiger partial charge in [0.05, 0.1) is 11.5 Å². The molecule has 134 valence electrons. The highest BCUT2D eigenvalue weighted by Crippen LogP contribution is 2.35. The van der Waals surface area contributed by atoms with Crippen molar-refractivity contribution in [1.82, 2.24) is 4.90 Å². The molecule has 0 spiro atoms. The van der Waals surface area contributed by atoms with Crippen LogP contribution in [0.2, 0.25) is 0 Å². The van der Waals surface area contributed by atoms with Crippen molar-refractivity contribution in [2.75, 3.05) is 13.2 Å². The van der Waals surface area contributed by atoms with Crippen LogP contribution >= 0.6 is 39.9 Å². The molecule has 0 radical (unpaired) electrons. The zero-order chi connectivity index (χ0) is 18.4. The van der Waals surface area contributed by atoms with Crippen molar-refractivity contribution in [2.45, 2.75) is 26.2 Å². The van der Waals surface area contributed by atoms with Gasteiger partial charge in [-0.1, -0.05) is 53.3 Å². The van der Waals surface area contributed by atoms with Crippen molar-refractivity contribution >= 4 is 62.2 Å². The molecule has 1 aromatic rings. The van der Waals surface area contributed by atoms with E-state index < -0.39 is 5.97 Å². The summed E-state index contributed by atoms with van der Waals surface area (Å²) in [6.07, 6.45) is 3.45. The van der Waals surface area contributed by atoms with Crippen LogP contribution in [0, 0.1) is 0 Å². The van der Waals surface area contributed by atoms with Crippen molar-refractivity contribution in [3.05, 3.63) is 33.1 Å². The van der Waals surface area contributed by atoms with E-state index in [-0.39, 0.29) is 18.9 Å². The molecule has 0 atom stereocenters. The Balaban J connectivity index is 2.21. The van der Waals surface area contributed by atoms with E-state index in [1.807, 2.05) is 18.2 Å².